The lowest BCUT2D eigenvalue weighted by molar-refractivity contribution is -0.136. The molecular formula is C47H50N8O8. The van der Waals surface area contributed by atoms with Crippen molar-refractivity contribution in [2.75, 3.05) is 33.9 Å². The molecule has 63 heavy (non-hydrogen) atoms. The molecule has 0 spiro atoms. The van der Waals surface area contributed by atoms with Crippen LogP contribution in [0, 0.1) is 11.8 Å². The number of hydrogen-bond donors (Lipinski definition) is 5. The zero-order valence-electron chi connectivity index (χ0n) is 35.5. The Morgan fingerprint density at radius 2 is 1.75 bits per heavy atom. The highest BCUT2D eigenvalue weighted by Crippen LogP contribution is 2.44. The van der Waals surface area contributed by atoms with Gasteiger partial charge < -0.3 is 49.7 Å². The van der Waals surface area contributed by atoms with Gasteiger partial charge in [-0.1, -0.05) is 62.4 Å². The van der Waals surface area contributed by atoms with Gasteiger partial charge in [0.1, 0.15) is 36.1 Å². The third-order valence-electron chi connectivity index (χ3n) is 12.6. The van der Waals surface area contributed by atoms with Crippen LogP contribution in [0.2, 0.25) is 0 Å². The van der Waals surface area contributed by atoms with Crippen LogP contribution in [0.5, 0.6) is 5.75 Å². The molecule has 0 bridgehead atoms. The fraction of sp³-hybridized carbons (Fsp3) is 0.362. The number of alkyl carbamates (subject to hydrolysis) is 1. The van der Waals surface area contributed by atoms with Gasteiger partial charge in [-0.15, -0.1) is 0 Å². The number of ether oxygens (including phenoxy) is 3. The molecule has 16 heteroatoms. The van der Waals surface area contributed by atoms with Gasteiger partial charge in [0.2, 0.25) is 5.91 Å². The second-order valence-electron chi connectivity index (χ2n) is 16.9. The summed E-state index contributed by atoms with van der Waals surface area (Å²) in [7, 11) is 2.92. The smallest absolute Gasteiger partial charge is 0.407 e. The van der Waals surface area contributed by atoms with Crippen molar-refractivity contribution in [1.29, 1.82) is 0 Å². The van der Waals surface area contributed by atoms with Crippen molar-refractivity contribution >= 4 is 45.8 Å². The van der Waals surface area contributed by atoms with Crippen LogP contribution >= 0.6 is 0 Å². The molecule has 0 unspecified atom stereocenters. The van der Waals surface area contributed by atoms with Crippen molar-refractivity contribution < 1.29 is 38.5 Å². The first-order chi connectivity index (χ1) is 30.5. The lowest BCUT2D eigenvalue weighted by atomic mass is 9.92. The minimum absolute atomic E-state index is 0.0381. The maximum absolute atomic E-state index is 14.1. The number of H-pyrrole nitrogens is 2. The van der Waals surface area contributed by atoms with Gasteiger partial charge in [0, 0.05) is 37.1 Å². The summed E-state index contributed by atoms with van der Waals surface area (Å²) in [6.07, 6.45) is 2.02. The SMILES string of the molecule is COC[C@H]1C[C@@H](c2ncc(-c3ccc4c(c3)COc3cc5c(ccc6[nH]c([C@@H]7CCCN7C(=O)[C@@H](NC(=O)OC)C(C)C)nc65)cc3-4)[nH]2)N(C(=O)[C@H](NC(=O)O)c2ccccc2)C1. The van der Waals surface area contributed by atoms with E-state index >= 15 is 0 Å². The van der Waals surface area contributed by atoms with E-state index in [1.54, 1.807) is 42.5 Å². The number of amides is 4. The Labute approximate surface area is 363 Å². The van der Waals surface area contributed by atoms with Gasteiger partial charge in [0.15, 0.2) is 0 Å². The molecule has 3 aliphatic heterocycles. The Morgan fingerprint density at radius 3 is 2.51 bits per heavy atom. The first-order valence-electron chi connectivity index (χ1n) is 21.3. The molecule has 326 valence electrons. The van der Waals surface area contributed by atoms with Crippen molar-refractivity contribution in [2.24, 2.45) is 11.8 Å². The van der Waals surface area contributed by atoms with E-state index in [1.165, 1.54) is 7.11 Å². The highest BCUT2D eigenvalue weighted by atomic mass is 16.5. The number of aromatic nitrogens is 4. The summed E-state index contributed by atoms with van der Waals surface area (Å²) in [5, 5.41) is 16.7. The van der Waals surface area contributed by atoms with Crippen LogP contribution in [0.4, 0.5) is 9.59 Å². The minimum atomic E-state index is -1.28. The predicted octanol–water partition coefficient (Wildman–Crippen LogP) is 7.25. The molecule has 5 N–H and O–H groups in total. The fourth-order valence-electron chi connectivity index (χ4n) is 9.48. The fourth-order valence-corrected chi connectivity index (χ4v) is 9.48. The van der Waals surface area contributed by atoms with E-state index in [9.17, 15) is 24.3 Å². The van der Waals surface area contributed by atoms with Crippen LogP contribution < -0.4 is 15.4 Å². The number of likely N-dealkylation sites (tertiary alicyclic amines) is 2. The summed E-state index contributed by atoms with van der Waals surface area (Å²) < 4.78 is 16.7. The third kappa shape index (κ3) is 7.90. The number of carbonyl (C=O) groups is 4. The Kier molecular flexibility index (Phi) is 11.2. The zero-order valence-corrected chi connectivity index (χ0v) is 35.5. The summed E-state index contributed by atoms with van der Waals surface area (Å²) in [6.45, 7) is 5.55. The van der Waals surface area contributed by atoms with Crippen LogP contribution in [0.1, 0.15) is 74.0 Å². The molecule has 5 atom stereocenters. The average molecular weight is 855 g/mol. The zero-order chi connectivity index (χ0) is 43.9. The van der Waals surface area contributed by atoms with E-state index in [-0.39, 0.29) is 29.7 Å². The monoisotopic (exact) mass is 854 g/mol. The van der Waals surface area contributed by atoms with Crippen LogP contribution in [0.25, 0.3) is 44.2 Å². The van der Waals surface area contributed by atoms with E-state index in [2.05, 4.69) is 44.9 Å². The van der Waals surface area contributed by atoms with Crippen LogP contribution in [0.15, 0.2) is 79.0 Å². The minimum Gasteiger partial charge on any atom is -0.488 e. The van der Waals surface area contributed by atoms with Gasteiger partial charge in [0.25, 0.3) is 5.91 Å². The summed E-state index contributed by atoms with van der Waals surface area (Å²) >= 11 is 0. The number of methoxy groups -OCH3 is 2. The number of hydrogen-bond acceptors (Lipinski definition) is 9. The summed E-state index contributed by atoms with van der Waals surface area (Å²) in [5.41, 5.74) is 6.92. The molecular weight excluding hydrogens is 805 g/mol. The number of carboxylic acid groups (broad SMARTS) is 1. The number of carbonyl (C=O) groups excluding carboxylic acids is 3. The number of aromatic amines is 2. The molecule has 5 heterocycles. The molecule has 0 aliphatic carbocycles. The number of imidazole rings is 2. The predicted molar refractivity (Wildman–Crippen MR) is 234 cm³/mol. The maximum Gasteiger partial charge on any atom is 0.407 e. The standard InChI is InChI=1S/C47H50N8O8/c1-25(2)39(53-47(60)62-4)44(56)54-16-8-11-36(54)43-49-34-15-13-28-19-33-31-14-12-29(18-30(31)24-63-38(33)20-32(28)41(34)51-43)35-21-48-42(50-35)37-17-26(23-61-3)22-55(37)45(57)40(52-46(58)59)27-9-6-5-7-10-27/h5-7,9-10,12-15,18-21,25-26,36-37,39-40,52H,8,11,16-17,22-24H2,1-4H3,(H,48,50)(H,49,51)(H,53,60)(H,58,59)/t26-,36-,37-,39-,40+/m0/s1. The number of nitrogens with zero attached hydrogens (tertiary/aromatic N) is 4. The van der Waals surface area contributed by atoms with Crippen LogP contribution in [-0.4, -0.2) is 98.8 Å². The van der Waals surface area contributed by atoms with Gasteiger partial charge in [-0.3, -0.25) is 9.59 Å². The topological polar surface area (TPSA) is 204 Å². The summed E-state index contributed by atoms with van der Waals surface area (Å²) in [5.74, 6) is 1.46. The molecule has 0 saturated carbocycles. The van der Waals surface area contributed by atoms with E-state index in [0.29, 0.717) is 49.9 Å². The number of fused-ring (bicyclic) bond motifs is 6. The van der Waals surface area contributed by atoms with Gasteiger partial charge in [-0.2, -0.15) is 0 Å². The van der Waals surface area contributed by atoms with Crippen LogP contribution in [-0.2, 0) is 25.7 Å². The number of rotatable bonds is 11. The lowest BCUT2D eigenvalue weighted by Crippen LogP contribution is -2.51. The average Bonchev–Trinajstić information content (AvgIpc) is 4.13. The Bertz CT molecular complexity index is 2710. The van der Waals surface area contributed by atoms with Gasteiger partial charge in [0.05, 0.1) is 48.7 Å². The molecule has 2 saturated heterocycles. The highest BCUT2D eigenvalue weighted by molar-refractivity contribution is 6.07. The Hall–Kier alpha value is -6.94. The molecule has 9 rings (SSSR count). The molecule has 16 nitrogen and oxygen atoms in total. The molecule has 4 amide bonds. The largest absolute Gasteiger partial charge is 0.488 e. The van der Waals surface area contributed by atoms with Crippen molar-refractivity contribution in [2.45, 2.75) is 63.9 Å². The normalized spacial score (nSPS) is 19.1. The molecule has 3 aliphatic rings. The first-order valence-corrected chi connectivity index (χ1v) is 21.3. The van der Waals surface area contributed by atoms with E-state index in [4.69, 9.17) is 24.2 Å². The molecule has 4 aromatic carbocycles. The van der Waals surface area contributed by atoms with Crippen molar-refractivity contribution in [1.82, 2.24) is 40.4 Å². The van der Waals surface area contributed by atoms with E-state index < -0.39 is 30.3 Å². The number of benzene rings is 4. The molecule has 2 aromatic heterocycles. The second-order valence-corrected chi connectivity index (χ2v) is 16.9. The quantitative estimate of drug-likeness (QED) is 0.0883. The Balaban J connectivity index is 0.969. The van der Waals surface area contributed by atoms with Gasteiger partial charge in [-0.05, 0) is 77.1 Å². The number of nitrogens with one attached hydrogen (secondary N) is 4. The summed E-state index contributed by atoms with van der Waals surface area (Å²) in [6, 6.07) is 20.9. The molecule has 2 fully saturated rings. The van der Waals surface area contributed by atoms with Gasteiger partial charge in [-0.25, -0.2) is 19.6 Å². The highest BCUT2D eigenvalue weighted by Gasteiger charge is 2.42. The van der Waals surface area contributed by atoms with E-state index in [0.717, 1.165) is 68.3 Å². The van der Waals surface area contributed by atoms with Gasteiger partial charge >= 0.3 is 12.2 Å². The maximum atomic E-state index is 14.1. The first kappa shape index (κ1) is 41.4. The third-order valence-corrected chi connectivity index (χ3v) is 12.6. The Morgan fingerprint density at radius 1 is 0.921 bits per heavy atom. The van der Waals surface area contributed by atoms with Crippen molar-refractivity contribution in [3.63, 3.8) is 0 Å². The van der Waals surface area contributed by atoms with E-state index in [1.807, 2.05) is 43.0 Å². The van der Waals surface area contributed by atoms with Crippen molar-refractivity contribution in [3.05, 3.63) is 102 Å². The molecule has 0 radical (unpaired) electrons. The van der Waals surface area contributed by atoms with Crippen molar-refractivity contribution in [3.8, 4) is 28.1 Å². The molecule has 6 aromatic rings. The summed E-state index contributed by atoms with van der Waals surface area (Å²) in [4.78, 5) is 72.2. The lowest BCUT2D eigenvalue weighted by Gasteiger charge is -2.29. The van der Waals surface area contributed by atoms with Crippen LogP contribution in [0.3, 0.4) is 0 Å². The second kappa shape index (κ2) is 17.1.